The van der Waals surface area contributed by atoms with Crippen molar-refractivity contribution in [1.29, 1.82) is 0 Å². The van der Waals surface area contributed by atoms with E-state index in [-0.39, 0.29) is 5.91 Å². The second-order valence-electron chi connectivity index (χ2n) is 5.02. The number of rotatable bonds is 3. The Kier molecular flexibility index (Phi) is 3.33. The molecular formula is C13H18N4O2. The second-order valence-corrected chi connectivity index (χ2v) is 5.02. The molecule has 1 saturated heterocycles. The van der Waals surface area contributed by atoms with Gasteiger partial charge in [0.2, 0.25) is 5.95 Å². The zero-order valence-corrected chi connectivity index (χ0v) is 11.1. The van der Waals surface area contributed by atoms with Crippen LogP contribution in [0.2, 0.25) is 0 Å². The SMILES string of the molecule is Cc1nc(N2CCOCC2)ncc1C(=O)NC1CC1. The van der Waals surface area contributed by atoms with Gasteiger partial charge in [-0.2, -0.15) is 0 Å². The van der Waals surface area contributed by atoms with Gasteiger partial charge in [-0.1, -0.05) is 0 Å². The minimum atomic E-state index is -0.0615. The van der Waals surface area contributed by atoms with Crippen molar-refractivity contribution in [1.82, 2.24) is 15.3 Å². The van der Waals surface area contributed by atoms with E-state index in [1.165, 1.54) is 0 Å². The van der Waals surface area contributed by atoms with Gasteiger partial charge in [0, 0.05) is 25.3 Å². The summed E-state index contributed by atoms with van der Waals surface area (Å²) < 4.78 is 5.30. The molecule has 0 atom stereocenters. The molecule has 2 heterocycles. The summed E-state index contributed by atoms with van der Waals surface area (Å²) in [5, 5.41) is 2.96. The van der Waals surface area contributed by atoms with Gasteiger partial charge in [-0.25, -0.2) is 9.97 Å². The molecule has 0 aromatic carbocycles. The van der Waals surface area contributed by atoms with Crippen molar-refractivity contribution >= 4 is 11.9 Å². The van der Waals surface area contributed by atoms with Crippen LogP contribution in [0.5, 0.6) is 0 Å². The van der Waals surface area contributed by atoms with Crippen molar-refractivity contribution in [2.75, 3.05) is 31.2 Å². The highest BCUT2D eigenvalue weighted by atomic mass is 16.5. The van der Waals surface area contributed by atoms with Crippen LogP contribution in [0, 0.1) is 6.92 Å². The average Bonchev–Trinajstić information content (AvgIpc) is 3.23. The summed E-state index contributed by atoms with van der Waals surface area (Å²) >= 11 is 0. The third kappa shape index (κ3) is 2.84. The summed E-state index contributed by atoms with van der Waals surface area (Å²) in [6.45, 7) is 4.85. The van der Waals surface area contributed by atoms with Crippen LogP contribution in [0.25, 0.3) is 0 Å². The third-order valence-electron chi connectivity index (χ3n) is 3.42. The first-order valence-corrected chi connectivity index (χ1v) is 6.71. The highest BCUT2D eigenvalue weighted by molar-refractivity contribution is 5.95. The van der Waals surface area contributed by atoms with Gasteiger partial charge >= 0.3 is 0 Å². The van der Waals surface area contributed by atoms with E-state index in [2.05, 4.69) is 20.2 Å². The second kappa shape index (κ2) is 5.13. The van der Waals surface area contributed by atoms with Gasteiger partial charge in [-0.3, -0.25) is 4.79 Å². The first kappa shape index (κ1) is 12.3. The summed E-state index contributed by atoms with van der Waals surface area (Å²) in [6.07, 6.45) is 3.79. The lowest BCUT2D eigenvalue weighted by atomic mass is 10.2. The first-order valence-electron chi connectivity index (χ1n) is 6.71. The lowest BCUT2D eigenvalue weighted by Gasteiger charge is -2.27. The Morgan fingerprint density at radius 3 is 2.79 bits per heavy atom. The predicted octanol–water partition coefficient (Wildman–Crippen LogP) is 0.514. The van der Waals surface area contributed by atoms with E-state index >= 15 is 0 Å². The quantitative estimate of drug-likeness (QED) is 0.860. The molecule has 0 bridgehead atoms. The van der Waals surface area contributed by atoms with Gasteiger partial charge in [0.15, 0.2) is 0 Å². The minimum absolute atomic E-state index is 0.0615. The zero-order chi connectivity index (χ0) is 13.2. The number of carbonyl (C=O) groups is 1. The largest absolute Gasteiger partial charge is 0.378 e. The van der Waals surface area contributed by atoms with E-state index in [0.717, 1.165) is 31.6 Å². The molecule has 6 heteroatoms. The number of carbonyl (C=O) groups excluding carboxylic acids is 1. The van der Waals surface area contributed by atoms with E-state index in [1.54, 1.807) is 6.20 Å². The number of aryl methyl sites for hydroxylation is 1. The summed E-state index contributed by atoms with van der Waals surface area (Å²) in [6, 6.07) is 0.353. The maximum absolute atomic E-state index is 12.0. The number of amides is 1. The first-order chi connectivity index (χ1) is 9.24. The fraction of sp³-hybridized carbons (Fsp3) is 0.615. The zero-order valence-electron chi connectivity index (χ0n) is 11.1. The highest BCUT2D eigenvalue weighted by Gasteiger charge is 2.25. The van der Waals surface area contributed by atoms with Crippen LogP contribution in [0.4, 0.5) is 5.95 Å². The number of hydrogen-bond acceptors (Lipinski definition) is 5. The Balaban J connectivity index is 1.74. The molecule has 102 valence electrons. The smallest absolute Gasteiger partial charge is 0.254 e. The molecule has 0 radical (unpaired) electrons. The van der Waals surface area contributed by atoms with Crippen molar-refractivity contribution in [3.63, 3.8) is 0 Å². The number of nitrogens with zero attached hydrogens (tertiary/aromatic N) is 3. The molecular weight excluding hydrogens is 244 g/mol. The molecule has 0 spiro atoms. The van der Waals surface area contributed by atoms with Crippen LogP contribution >= 0.6 is 0 Å². The third-order valence-corrected chi connectivity index (χ3v) is 3.42. The molecule has 1 amide bonds. The summed E-state index contributed by atoms with van der Waals surface area (Å²) in [5.41, 5.74) is 1.30. The van der Waals surface area contributed by atoms with Crippen molar-refractivity contribution in [3.05, 3.63) is 17.5 Å². The number of ether oxygens (including phenoxy) is 1. The predicted molar refractivity (Wildman–Crippen MR) is 70.3 cm³/mol. The van der Waals surface area contributed by atoms with Crippen LogP contribution in [-0.2, 0) is 4.74 Å². The van der Waals surface area contributed by atoms with E-state index in [1.807, 2.05) is 6.92 Å². The lowest BCUT2D eigenvalue weighted by molar-refractivity contribution is 0.0949. The molecule has 3 rings (SSSR count). The van der Waals surface area contributed by atoms with Crippen LogP contribution in [0.1, 0.15) is 28.9 Å². The Labute approximate surface area is 112 Å². The van der Waals surface area contributed by atoms with Gasteiger partial charge in [0.05, 0.1) is 24.5 Å². The normalized spacial score (nSPS) is 19.3. The molecule has 1 N–H and O–H groups in total. The Bertz CT molecular complexity index is 482. The molecule has 0 unspecified atom stereocenters. The van der Waals surface area contributed by atoms with E-state index in [0.29, 0.717) is 30.8 Å². The summed E-state index contributed by atoms with van der Waals surface area (Å²) in [5.74, 6) is 0.622. The number of morpholine rings is 1. The van der Waals surface area contributed by atoms with Crippen molar-refractivity contribution in [2.45, 2.75) is 25.8 Å². The van der Waals surface area contributed by atoms with E-state index in [9.17, 15) is 4.79 Å². The molecule has 1 aliphatic heterocycles. The van der Waals surface area contributed by atoms with Crippen molar-refractivity contribution < 1.29 is 9.53 Å². The average molecular weight is 262 g/mol. The molecule has 1 aromatic rings. The molecule has 1 aromatic heterocycles. The van der Waals surface area contributed by atoms with Crippen molar-refractivity contribution in [2.24, 2.45) is 0 Å². The van der Waals surface area contributed by atoms with Crippen LogP contribution in [0.15, 0.2) is 6.20 Å². The fourth-order valence-corrected chi connectivity index (χ4v) is 2.08. The molecule has 1 aliphatic carbocycles. The summed E-state index contributed by atoms with van der Waals surface area (Å²) in [7, 11) is 0. The van der Waals surface area contributed by atoms with Crippen LogP contribution in [0.3, 0.4) is 0 Å². The summed E-state index contributed by atoms with van der Waals surface area (Å²) in [4.78, 5) is 22.8. The van der Waals surface area contributed by atoms with Gasteiger partial charge < -0.3 is 15.0 Å². The lowest BCUT2D eigenvalue weighted by Crippen LogP contribution is -2.37. The van der Waals surface area contributed by atoms with Gasteiger partial charge in [0.1, 0.15) is 0 Å². The van der Waals surface area contributed by atoms with E-state index < -0.39 is 0 Å². The van der Waals surface area contributed by atoms with Crippen LogP contribution in [-0.4, -0.2) is 48.2 Å². The van der Waals surface area contributed by atoms with Crippen molar-refractivity contribution in [3.8, 4) is 0 Å². The van der Waals surface area contributed by atoms with Gasteiger partial charge in [0.25, 0.3) is 5.91 Å². The Morgan fingerprint density at radius 2 is 2.16 bits per heavy atom. The molecule has 19 heavy (non-hydrogen) atoms. The van der Waals surface area contributed by atoms with Gasteiger partial charge in [-0.15, -0.1) is 0 Å². The Hall–Kier alpha value is -1.69. The molecule has 2 aliphatic rings. The molecule has 6 nitrogen and oxygen atoms in total. The van der Waals surface area contributed by atoms with Gasteiger partial charge in [-0.05, 0) is 19.8 Å². The molecule has 1 saturated carbocycles. The maximum atomic E-state index is 12.0. The number of aromatic nitrogens is 2. The minimum Gasteiger partial charge on any atom is -0.378 e. The number of nitrogens with one attached hydrogen (secondary N) is 1. The fourth-order valence-electron chi connectivity index (χ4n) is 2.08. The van der Waals surface area contributed by atoms with E-state index in [4.69, 9.17) is 4.74 Å². The molecule has 2 fully saturated rings. The number of anilines is 1. The maximum Gasteiger partial charge on any atom is 0.254 e. The standard InChI is InChI=1S/C13H18N4O2/c1-9-11(12(18)16-10-2-3-10)8-14-13(15-9)17-4-6-19-7-5-17/h8,10H,2-7H2,1H3,(H,16,18). The Morgan fingerprint density at radius 1 is 1.42 bits per heavy atom. The topological polar surface area (TPSA) is 67.3 Å². The monoisotopic (exact) mass is 262 g/mol. The highest BCUT2D eigenvalue weighted by Crippen LogP contribution is 2.20. The number of hydrogen-bond donors (Lipinski definition) is 1. The van der Waals surface area contributed by atoms with Crippen LogP contribution < -0.4 is 10.2 Å².